The summed E-state index contributed by atoms with van der Waals surface area (Å²) < 4.78 is 0. The highest BCUT2D eigenvalue weighted by Gasteiger charge is 2.42. The van der Waals surface area contributed by atoms with Gasteiger partial charge < -0.3 is 10.6 Å². The van der Waals surface area contributed by atoms with Crippen molar-refractivity contribution in [2.75, 3.05) is 17.2 Å². The highest BCUT2D eigenvalue weighted by atomic mass is 16.2. The zero-order valence-electron chi connectivity index (χ0n) is 10.2. The van der Waals surface area contributed by atoms with Gasteiger partial charge in [-0.15, -0.1) is 0 Å². The van der Waals surface area contributed by atoms with E-state index in [1.165, 1.54) is 18.4 Å². The van der Waals surface area contributed by atoms with Crippen molar-refractivity contribution >= 4 is 17.3 Å². The molecule has 0 bridgehead atoms. The topological polar surface area (TPSA) is 41.1 Å². The highest BCUT2D eigenvalue weighted by Crippen LogP contribution is 2.42. The van der Waals surface area contributed by atoms with Crippen LogP contribution in [0.15, 0.2) is 18.2 Å². The van der Waals surface area contributed by atoms with E-state index in [0.29, 0.717) is 0 Å². The Bertz CT molecular complexity index is 461. The number of benzene rings is 1. The molecule has 3 rings (SSSR count). The van der Waals surface area contributed by atoms with Crippen molar-refractivity contribution < 1.29 is 4.79 Å². The summed E-state index contributed by atoms with van der Waals surface area (Å²) in [6, 6.07) is 6.16. The van der Waals surface area contributed by atoms with Gasteiger partial charge in [0.1, 0.15) is 0 Å². The number of hydrogen-bond donors (Lipinski definition) is 2. The number of aryl methyl sites for hydroxylation is 1. The second-order valence-electron chi connectivity index (χ2n) is 5.34. The smallest absolute Gasteiger partial charge is 0.232 e. The molecule has 1 spiro atoms. The lowest BCUT2D eigenvalue weighted by Gasteiger charge is -2.24. The molecule has 0 unspecified atom stereocenters. The first-order chi connectivity index (χ1) is 8.20. The van der Waals surface area contributed by atoms with Crippen molar-refractivity contribution in [1.82, 2.24) is 0 Å². The Morgan fingerprint density at radius 3 is 2.71 bits per heavy atom. The first-order valence-corrected chi connectivity index (χ1v) is 6.36. The molecule has 1 saturated carbocycles. The Hall–Kier alpha value is -1.51. The van der Waals surface area contributed by atoms with Gasteiger partial charge in [0, 0.05) is 6.54 Å². The molecule has 3 heteroatoms. The first-order valence-electron chi connectivity index (χ1n) is 6.36. The van der Waals surface area contributed by atoms with Crippen LogP contribution in [-0.4, -0.2) is 12.5 Å². The number of rotatable bonds is 0. The summed E-state index contributed by atoms with van der Waals surface area (Å²) in [5.41, 5.74) is 2.98. The molecule has 2 N–H and O–H groups in total. The Morgan fingerprint density at radius 1 is 1.18 bits per heavy atom. The summed E-state index contributed by atoms with van der Waals surface area (Å²) in [6.45, 7) is 2.82. The van der Waals surface area contributed by atoms with Crippen LogP contribution in [0, 0.1) is 12.3 Å². The summed E-state index contributed by atoms with van der Waals surface area (Å²) in [6.07, 6.45) is 4.37. The number of carbonyl (C=O) groups excluding carboxylic acids is 1. The molecule has 1 heterocycles. The summed E-state index contributed by atoms with van der Waals surface area (Å²) in [5.74, 6) is 0.201. The van der Waals surface area contributed by atoms with Crippen molar-refractivity contribution in [2.24, 2.45) is 5.41 Å². The van der Waals surface area contributed by atoms with Crippen molar-refractivity contribution in [2.45, 2.75) is 32.6 Å². The van der Waals surface area contributed by atoms with Gasteiger partial charge in [0.2, 0.25) is 5.91 Å². The second-order valence-corrected chi connectivity index (χ2v) is 5.34. The van der Waals surface area contributed by atoms with Gasteiger partial charge in [0.15, 0.2) is 0 Å². The molecule has 0 atom stereocenters. The zero-order chi connectivity index (χ0) is 11.9. The molecule has 0 aromatic heterocycles. The van der Waals surface area contributed by atoms with E-state index >= 15 is 0 Å². The molecule has 2 aliphatic rings. The summed E-state index contributed by atoms with van der Waals surface area (Å²) in [4.78, 5) is 12.4. The van der Waals surface area contributed by atoms with E-state index in [2.05, 4.69) is 22.8 Å². The molecule has 1 amide bonds. The van der Waals surface area contributed by atoms with Gasteiger partial charge in [-0.1, -0.05) is 18.9 Å². The number of carbonyl (C=O) groups is 1. The molecule has 90 valence electrons. The maximum absolute atomic E-state index is 12.4. The maximum atomic E-state index is 12.4. The van der Waals surface area contributed by atoms with Crippen molar-refractivity contribution in [1.29, 1.82) is 0 Å². The minimum atomic E-state index is -0.174. The molecule has 17 heavy (non-hydrogen) atoms. The van der Waals surface area contributed by atoms with Crippen molar-refractivity contribution in [3.8, 4) is 0 Å². The third-order valence-corrected chi connectivity index (χ3v) is 4.08. The van der Waals surface area contributed by atoms with Gasteiger partial charge in [-0.25, -0.2) is 0 Å². The quantitative estimate of drug-likeness (QED) is 0.719. The zero-order valence-corrected chi connectivity index (χ0v) is 10.2. The second kappa shape index (κ2) is 3.76. The van der Waals surface area contributed by atoms with E-state index in [4.69, 9.17) is 0 Å². The molecule has 1 aromatic rings. The molecule has 0 radical (unpaired) electrons. The predicted octanol–water partition coefficient (Wildman–Crippen LogP) is 2.92. The molecule has 1 aromatic carbocycles. The van der Waals surface area contributed by atoms with Crippen LogP contribution in [-0.2, 0) is 4.79 Å². The average Bonchev–Trinajstić information content (AvgIpc) is 2.73. The maximum Gasteiger partial charge on any atom is 0.232 e. The molecular formula is C14H18N2O. The van der Waals surface area contributed by atoms with E-state index in [1.54, 1.807) is 0 Å². The average molecular weight is 230 g/mol. The fourth-order valence-electron chi connectivity index (χ4n) is 2.97. The van der Waals surface area contributed by atoms with Crippen LogP contribution in [0.25, 0.3) is 0 Å². The van der Waals surface area contributed by atoms with E-state index in [1.807, 2.05) is 13.0 Å². The van der Waals surface area contributed by atoms with Crippen molar-refractivity contribution in [3.63, 3.8) is 0 Å². The van der Waals surface area contributed by atoms with E-state index in [0.717, 1.165) is 30.8 Å². The van der Waals surface area contributed by atoms with Gasteiger partial charge in [-0.3, -0.25) is 4.79 Å². The molecule has 0 saturated heterocycles. The van der Waals surface area contributed by atoms with Gasteiger partial charge in [-0.2, -0.15) is 0 Å². The Kier molecular flexibility index (Phi) is 2.35. The lowest BCUT2D eigenvalue weighted by atomic mass is 9.85. The minimum Gasteiger partial charge on any atom is -0.382 e. The van der Waals surface area contributed by atoms with Crippen LogP contribution >= 0.6 is 0 Å². The highest BCUT2D eigenvalue weighted by molar-refractivity contribution is 6.00. The van der Waals surface area contributed by atoms with Crippen LogP contribution in [0.4, 0.5) is 11.4 Å². The lowest BCUT2D eigenvalue weighted by Crippen LogP contribution is -2.37. The van der Waals surface area contributed by atoms with Crippen LogP contribution in [0.1, 0.15) is 31.2 Å². The van der Waals surface area contributed by atoms with Gasteiger partial charge in [0.25, 0.3) is 0 Å². The fraction of sp³-hybridized carbons (Fsp3) is 0.500. The number of amides is 1. The third-order valence-electron chi connectivity index (χ3n) is 4.08. The van der Waals surface area contributed by atoms with Crippen LogP contribution in [0.2, 0.25) is 0 Å². The van der Waals surface area contributed by atoms with E-state index < -0.39 is 0 Å². The molecule has 1 aliphatic heterocycles. The van der Waals surface area contributed by atoms with E-state index in [9.17, 15) is 4.79 Å². The van der Waals surface area contributed by atoms with Gasteiger partial charge in [-0.05, 0) is 37.5 Å². The van der Waals surface area contributed by atoms with Crippen LogP contribution < -0.4 is 10.6 Å². The predicted molar refractivity (Wildman–Crippen MR) is 69.2 cm³/mol. The number of nitrogens with one attached hydrogen (secondary N) is 2. The lowest BCUT2D eigenvalue weighted by molar-refractivity contribution is -0.124. The Morgan fingerprint density at radius 2 is 1.94 bits per heavy atom. The van der Waals surface area contributed by atoms with Gasteiger partial charge >= 0.3 is 0 Å². The number of hydrogen-bond acceptors (Lipinski definition) is 2. The molecule has 1 aliphatic carbocycles. The first kappa shape index (κ1) is 10.6. The largest absolute Gasteiger partial charge is 0.382 e. The Labute approximate surface area is 102 Å². The van der Waals surface area contributed by atoms with Crippen LogP contribution in [0.5, 0.6) is 0 Å². The van der Waals surface area contributed by atoms with E-state index in [-0.39, 0.29) is 11.3 Å². The molecular weight excluding hydrogens is 212 g/mol. The number of fused-ring (bicyclic) bond motifs is 1. The van der Waals surface area contributed by atoms with Crippen molar-refractivity contribution in [3.05, 3.63) is 23.8 Å². The Balaban J connectivity index is 1.96. The summed E-state index contributed by atoms with van der Waals surface area (Å²) >= 11 is 0. The fourth-order valence-corrected chi connectivity index (χ4v) is 2.97. The molecule has 3 nitrogen and oxygen atoms in total. The SMILES string of the molecule is Cc1ccc2c(c1)NC(=O)C1(CCCC1)CN2. The standard InChI is InChI=1S/C14H18N2O/c1-10-4-5-11-12(8-10)16-13(17)14(9-15-11)6-2-3-7-14/h4-5,8,15H,2-3,6-7,9H2,1H3,(H,16,17). The normalized spacial score (nSPS) is 21.6. The third kappa shape index (κ3) is 1.70. The summed E-state index contributed by atoms with van der Waals surface area (Å²) in [7, 11) is 0. The van der Waals surface area contributed by atoms with Gasteiger partial charge in [0.05, 0.1) is 16.8 Å². The minimum absolute atomic E-state index is 0.174. The van der Waals surface area contributed by atoms with Crippen LogP contribution in [0.3, 0.4) is 0 Å². The molecule has 1 fully saturated rings. The monoisotopic (exact) mass is 230 g/mol. The summed E-state index contributed by atoms with van der Waals surface area (Å²) in [5, 5.41) is 6.53. The number of anilines is 2.